The van der Waals surface area contributed by atoms with Crippen LogP contribution in [0, 0.1) is 10.1 Å². The van der Waals surface area contributed by atoms with Crippen LogP contribution in [0.1, 0.15) is 28.9 Å². The smallest absolute Gasteiger partial charge is 0.269 e. The normalized spacial score (nSPS) is 11.5. The average molecular weight is 300 g/mol. The fourth-order valence-corrected chi connectivity index (χ4v) is 2.12. The maximum atomic E-state index is 12.2. The molecule has 114 valence electrons. The second-order valence-corrected chi connectivity index (χ2v) is 4.74. The van der Waals surface area contributed by atoms with Gasteiger partial charge in [0.05, 0.1) is 18.1 Å². The Balaban J connectivity index is 2.12. The zero-order valence-corrected chi connectivity index (χ0v) is 12.3. The summed E-state index contributed by atoms with van der Waals surface area (Å²) < 4.78 is 5.27. The standard InChI is InChI=1S/C16H16N2O4/c1-11(14-5-3-4-6-15(14)22-2)17-16(19)12-7-9-13(10-8-12)18(20)21/h3-11H,1-2H3,(H,17,19)/t11-/m1/s1. The Morgan fingerprint density at radius 2 is 1.82 bits per heavy atom. The first-order chi connectivity index (χ1) is 10.5. The van der Waals surface area contributed by atoms with Crippen molar-refractivity contribution >= 4 is 11.6 Å². The third kappa shape index (κ3) is 3.41. The Hall–Kier alpha value is -2.89. The van der Waals surface area contributed by atoms with Gasteiger partial charge in [0.1, 0.15) is 5.75 Å². The van der Waals surface area contributed by atoms with Crippen molar-refractivity contribution < 1.29 is 14.5 Å². The van der Waals surface area contributed by atoms with Crippen LogP contribution < -0.4 is 10.1 Å². The van der Waals surface area contributed by atoms with E-state index in [1.165, 1.54) is 24.3 Å². The SMILES string of the molecule is COc1ccccc1[C@@H](C)NC(=O)c1ccc([N+](=O)[O-])cc1. The monoisotopic (exact) mass is 300 g/mol. The molecule has 6 heteroatoms. The van der Waals surface area contributed by atoms with E-state index < -0.39 is 4.92 Å². The summed E-state index contributed by atoms with van der Waals surface area (Å²) in [4.78, 5) is 22.3. The van der Waals surface area contributed by atoms with Crippen LogP contribution in [0.25, 0.3) is 0 Å². The second-order valence-electron chi connectivity index (χ2n) is 4.74. The number of non-ortho nitro benzene ring substituents is 1. The highest BCUT2D eigenvalue weighted by Crippen LogP contribution is 2.24. The summed E-state index contributed by atoms with van der Waals surface area (Å²) in [5.41, 5.74) is 1.18. The number of carbonyl (C=O) groups excluding carboxylic acids is 1. The molecule has 22 heavy (non-hydrogen) atoms. The van der Waals surface area contributed by atoms with E-state index in [1.54, 1.807) is 7.11 Å². The number of ether oxygens (including phenoxy) is 1. The van der Waals surface area contributed by atoms with Crippen LogP contribution in [0.5, 0.6) is 5.75 Å². The highest BCUT2D eigenvalue weighted by molar-refractivity contribution is 5.94. The van der Waals surface area contributed by atoms with Crippen molar-refractivity contribution in [2.45, 2.75) is 13.0 Å². The fourth-order valence-electron chi connectivity index (χ4n) is 2.12. The summed E-state index contributed by atoms with van der Waals surface area (Å²) in [6.07, 6.45) is 0. The number of para-hydroxylation sites is 1. The number of nitrogens with zero attached hydrogens (tertiary/aromatic N) is 1. The first-order valence-electron chi connectivity index (χ1n) is 6.71. The molecule has 0 aliphatic carbocycles. The molecule has 6 nitrogen and oxygen atoms in total. The van der Waals surface area contributed by atoms with Crippen molar-refractivity contribution in [3.63, 3.8) is 0 Å². The number of nitrogens with one attached hydrogen (secondary N) is 1. The zero-order chi connectivity index (χ0) is 16.1. The lowest BCUT2D eigenvalue weighted by Crippen LogP contribution is -2.26. The van der Waals surface area contributed by atoms with Crippen LogP contribution in [0.4, 0.5) is 5.69 Å². The topological polar surface area (TPSA) is 81.5 Å². The summed E-state index contributed by atoms with van der Waals surface area (Å²) in [7, 11) is 1.57. The summed E-state index contributed by atoms with van der Waals surface area (Å²) >= 11 is 0. The van der Waals surface area contributed by atoms with Gasteiger partial charge in [-0.1, -0.05) is 18.2 Å². The van der Waals surface area contributed by atoms with Crippen molar-refractivity contribution in [2.75, 3.05) is 7.11 Å². The number of hydrogen-bond acceptors (Lipinski definition) is 4. The molecule has 2 aromatic rings. The quantitative estimate of drug-likeness (QED) is 0.679. The lowest BCUT2D eigenvalue weighted by molar-refractivity contribution is -0.384. The van der Waals surface area contributed by atoms with E-state index in [0.717, 1.165) is 5.56 Å². The minimum atomic E-state index is -0.501. The van der Waals surface area contributed by atoms with Gasteiger partial charge < -0.3 is 10.1 Å². The highest BCUT2D eigenvalue weighted by atomic mass is 16.6. The van der Waals surface area contributed by atoms with Gasteiger partial charge in [0, 0.05) is 23.3 Å². The van der Waals surface area contributed by atoms with Gasteiger partial charge in [-0.05, 0) is 25.1 Å². The van der Waals surface area contributed by atoms with Crippen LogP contribution in [0.2, 0.25) is 0 Å². The van der Waals surface area contributed by atoms with E-state index in [1.807, 2.05) is 31.2 Å². The predicted molar refractivity (Wildman–Crippen MR) is 82.0 cm³/mol. The molecule has 0 fully saturated rings. The third-order valence-electron chi connectivity index (χ3n) is 3.29. The predicted octanol–water partition coefficient (Wildman–Crippen LogP) is 3.09. The van der Waals surface area contributed by atoms with Gasteiger partial charge in [-0.15, -0.1) is 0 Å². The van der Waals surface area contributed by atoms with Gasteiger partial charge in [-0.3, -0.25) is 14.9 Å². The van der Waals surface area contributed by atoms with Crippen molar-refractivity contribution in [3.8, 4) is 5.75 Å². The highest BCUT2D eigenvalue weighted by Gasteiger charge is 2.15. The van der Waals surface area contributed by atoms with Gasteiger partial charge in [-0.25, -0.2) is 0 Å². The van der Waals surface area contributed by atoms with Gasteiger partial charge >= 0.3 is 0 Å². The summed E-state index contributed by atoms with van der Waals surface area (Å²) in [6, 6.07) is 12.7. The Morgan fingerprint density at radius 3 is 2.41 bits per heavy atom. The molecule has 0 bridgehead atoms. The van der Waals surface area contributed by atoms with E-state index in [2.05, 4.69) is 5.32 Å². The molecule has 2 rings (SSSR count). The Bertz CT molecular complexity index is 683. The number of hydrogen-bond donors (Lipinski definition) is 1. The van der Waals surface area contributed by atoms with Gasteiger partial charge in [0.25, 0.3) is 11.6 Å². The number of nitro groups is 1. The first kappa shape index (κ1) is 15.5. The molecule has 0 aromatic heterocycles. The Kier molecular flexibility index (Phi) is 4.73. The van der Waals surface area contributed by atoms with Crippen LogP contribution in [0.15, 0.2) is 48.5 Å². The van der Waals surface area contributed by atoms with Crippen molar-refractivity contribution in [3.05, 3.63) is 69.8 Å². The number of carbonyl (C=O) groups is 1. The van der Waals surface area contributed by atoms with Gasteiger partial charge in [0.15, 0.2) is 0 Å². The second kappa shape index (κ2) is 6.71. The molecule has 1 amide bonds. The molecule has 0 saturated carbocycles. The van der Waals surface area contributed by atoms with Gasteiger partial charge in [-0.2, -0.15) is 0 Å². The molecule has 0 saturated heterocycles. The van der Waals surface area contributed by atoms with E-state index >= 15 is 0 Å². The number of benzene rings is 2. The van der Waals surface area contributed by atoms with E-state index in [0.29, 0.717) is 11.3 Å². The maximum absolute atomic E-state index is 12.2. The molecular weight excluding hydrogens is 284 g/mol. The number of nitro benzene ring substituents is 1. The average Bonchev–Trinajstić information content (AvgIpc) is 2.54. The Labute approximate surface area is 127 Å². The first-order valence-corrected chi connectivity index (χ1v) is 6.71. The Morgan fingerprint density at radius 1 is 1.18 bits per heavy atom. The summed E-state index contributed by atoms with van der Waals surface area (Å²) in [5.74, 6) is 0.396. The molecule has 0 aliphatic rings. The van der Waals surface area contributed by atoms with E-state index in [-0.39, 0.29) is 17.6 Å². The minimum Gasteiger partial charge on any atom is -0.496 e. The van der Waals surface area contributed by atoms with Crippen LogP contribution in [-0.4, -0.2) is 17.9 Å². The third-order valence-corrected chi connectivity index (χ3v) is 3.29. The van der Waals surface area contributed by atoms with Crippen molar-refractivity contribution in [2.24, 2.45) is 0 Å². The lowest BCUT2D eigenvalue weighted by Gasteiger charge is -2.17. The molecule has 2 aromatic carbocycles. The van der Waals surface area contributed by atoms with Crippen LogP contribution >= 0.6 is 0 Å². The largest absolute Gasteiger partial charge is 0.496 e. The number of methoxy groups -OCH3 is 1. The van der Waals surface area contributed by atoms with Crippen molar-refractivity contribution in [1.82, 2.24) is 5.32 Å². The molecular formula is C16H16N2O4. The molecule has 0 heterocycles. The molecule has 0 unspecified atom stereocenters. The minimum absolute atomic E-state index is 0.0469. The number of amides is 1. The van der Waals surface area contributed by atoms with Crippen LogP contribution in [-0.2, 0) is 0 Å². The summed E-state index contributed by atoms with van der Waals surface area (Å²) in [6.45, 7) is 1.85. The molecule has 1 N–H and O–H groups in total. The lowest BCUT2D eigenvalue weighted by atomic mass is 10.1. The fraction of sp³-hybridized carbons (Fsp3) is 0.188. The van der Waals surface area contributed by atoms with Gasteiger partial charge in [0.2, 0.25) is 0 Å². The molecule has 1 atom stereocenters. The van der Waals surface area contributed by atoms with E-state index in [9.17, 15) is 14.9 Å². The molecule has 0 aliphatic heterocycles. The van der Waals surface area contributed by atoms with E-state index in [4.69, 9.17) is 4.74 Å². The molecule has 0 radical (unpaired) electrons. The summed E-state index contributed by atoms with van der Waals surface area (Å²) in [5, 5.41) is 13.5. The van der Waals surface area contributed by atoms with Crippen molar-refractivity contribution in [1.29, 1.82) is 0 Å². The number of rotatable bonds is 5. The maximum Gasteiger partial charge on any atom is 0.269 e. The van der Waals surface area contributed by atoms with Crippen LogP contribution in [0.3, 0.4) is 0 Å². The molecule has 0 spiro atoms. The zero-order valence-electron chi connectivity index (χ0n) is 12.3.